The van der Waals surface area contributed by atoms with Gasteiger partial charge in [-0.05, 0) is 0 Å². The maximum Gasteiger partial charge on any atom is 0.227 e. The molecule has 0 fully saturated rings. The maximum atomic E-state index is 11.2. The van der Waals surface area contributed by atoms with Gasteiger partial charge in [0.05, 0.1) is 6.54 Å². The Balaban J connectivity index is 2.09. The first-order chi connectivity index (χ1) is 7.18. The van der Waals surface area contributed by atoms with E-state index in [4.69, 9.17) is 15.7 Å². The standard InChI is InChI=1S/C7H11N5O2S/c8-7(9)10-3-6(13)15-2-1-5-11-4-12-14-5/h4H,1-3H2,(H4,8,9,10). The Kier molecular flexibility index (Phi) is 4.61. The van der Waals surface area contributed by atoms with Crippen molar-refractivity contribution in [2.45, 2.75) is 6.42 Å². The first-order valence-electron chi connectivity index (χ1n) is 4.17. The second-order valence-corrected chi connectivity index (χ2v) is 3.72. The van der Waals surface area contributed by atoms with Crippen molar-refractivity contribution in [2.75, 3.05) is 12.3 Å². The van der Waals surface area contributed by atoms with Crippen LogP contribution in [0.1, 0.15) is 5.89 Å². The number of aryl methyl sites for hydroxylation is 1. The van der Waals surface area contributed by atoms with Crippen LogP contribution in [-0.4, -0.2) is 33.5 Å². The zero-order chi connectivity index (χ0) is 11.1. The number of guanidine groups is 1. The number of hydrogen-bond donors (Lipinski definition) is 3. The molecule has 0 saturated heterocycles. The highest BCUT2D eigenvalue weighted by Crippen LogP contribution is 2.04. The third-order valence-electron chi connectivity index (χ3n) is 1.41. The molecular weight excluding hydrogens is 218 g/mol. The monoisotopic (exact) mass is 229 g/mol. The second-order valence-electron chi connectivity index (χ2n) is 2.57. The van der Waals surface area contributed by atoms with Crippen molar-refractivity contribution in [2.24, 2.45) is 5.73 Å². The Bertz CT molecular complexity index is 326. The largest absolute Gasteiger partial charge is 0.370 e. The van der Waals surface area contributed by atoms with E-state index >= 15 is 0 Å². The molecule has 1 heterocycles. The van der Waals surface area contributed by atoms with Crippen LogP contribution < -0.4 is 11.1 Å². The van der Waals surface area contributed by atoms with Gasteiger partial charge in [-0.2, -0.15) is 4.98 Å². The molecule has 1 aromatic rings. The van der Waals surface area contributed by atoms with E-state index in [2.05, 4.69) is 15.5 Å². The lowest BCUT2D eigenvalue weighted by Gasteiger charge is -2.01. The van der Waals surface area contributed by atoms with Crippen molar-refractivity contribution in [3.05, 3.63) is 12.2 Å². The van der Waals surface area contributed by atoms with Gasteiger partial charge in [0.1, 0.15) is 0 Å². The molecule has 4 N–H and O–H groups in total. The summed E-state index contributed by atoms with van der Waals surface area (Å²) in [6.07, 6.45) is 1.87. The van der Waals surface area contributed by atoms with Crippen LogP contribution in [0.3, 0.4) is 0 Å². The van der Waals surface area contributed by atoms with Crippen LogP contribution in [0.4, 0.5) is 0 Å². The first-order valence-corrected chi connectivity index (χ1v) is 5.16. The molecular formula is C7H11N5O2S. The molecule has 0 aliphatic heterocycles. The molecule has 0 saturated carbocycles. The molecule has 0 amide bonds. The Hall–Kier alpha value is -1.57. The van der Waals surface area contributed by atoms with E-state index in [1.54, 1.807) is 0 Å². The number of thioether (sulfide) groups is 1. The van der Waals surface area contributed by atoms with Crippen LogP contribution in [0, 0.1) is 5.41 Å². The smallest absolute Gasteiger partial charge is 0.227 e. The number of nitrogens with two attached hydrogens (primary N) is 1. The first kappa shape index (κ1) is 11.5. The second kappa shape index (κ2) is 6.02. The summed E-state index contributed by atoms with van der Waals surface area (Å²) in [7, 11) is 0. The van der Waals surface area contributed by atoms with E-state index in [-0.39, 0.29) is 17.6 Å². The molecule has 7 nitrogen and oxygen atoms in total. The molecule has 1 rings (SSSR count). The van der Waals surface area contributed by atoms with Gasteiger partial charge in [-0.25, -0.2) is 0 Å². The Morgan fingerprint density at radius 3 is 3.13 bits per heavy atom. The predicted molar refractivity (Wildman–Crippen MR) is 55.4 cm³/mol. The third-order valence-corrected chi connectivity index (χ3v) is 2.28. The van der Waals surface area contributed by atoms with Crippen molar-refractivity contribution >= 4 is 22.8 Å². The summed E-state index contributed by atoms with van der Waals surface area (Å²) in [6, 6.07) is 0. The Labute approximate surface area is 90.3 Å². The molecule has 0 bridgehead atoms. The molecule has 0 atom stereocenters. The zero-order valence-electron chi connectivity index (χ0n) is 7.90. The number of rotatable bonds is 5. The lowest BCUT2D eigenvalue weighted by molar-refractivity contribution is -0.110. The number of nitrogens with one attached hydrogen (secondary N) is 2. The van der Waals surface area contributed by atoms with Crippen LogP contribution in [0.15, 0.2) is 10.9 Å². The summed E-state index contributed by atoms with van der Waals surface area (Å²) in [6.45, 7) is 0.0594. The van der Waals surface area contributed by atoms with E-state index in [0.717, 1.165) is 11.8 Å². The highest BCUT2D eigenvalue weighted by atomic mass is 32.2. The van der Waals surface area contributed by atoms with Gasteiger partial charge in [-0.15, -0.1) is 0 Å². The highest BCUT2D eigenvalue weighted by Gasteiger charge is 2.04. The minimum Gasteiger partial charge on any atom is -0.370 e. The summed E-state index contributed by atoms with van der Waals surface area (Å²) >= 11 is 1.14. The van der Waals surface area contributed by atoms with Gasteiger partial charge in [0.25, 0.3) is 0 Å². The van der Waals surface area contributed by atoms with Gasteiger partial charge < -0.3 is 15.6 Å². The van der Waals surface area contributed by atoms with Crippen LogP contribution in [0.2, 0.25) is 0 Å². The fourth-order valence-corrected chi connectivity index (χ4v) is 1.46. The van der Waals surface area contributed by atoms with Gasteiger partial charge in [0, 0.05) is 12.2 Å². The minimum atomic E-state index is -0.208. The number of carbonyl (C=O) groups is 1. The molecule has 82 valence electrons. The van der Waals surface area contributed by atoms with E-state index in [1.165, 1.54) is 6.33 Å². The van der Waals surface area contributed by atoms with Gasteiger partial charge in [-0.1, -0.05) is 16.9 Å². The lowest BCUT2D eigenvalue weighted by atomic mass is 10.5. The van der Waals surface area contributed by atoms with Crippen LogP contribution >= 0.6 is 11.8 Å². The van der Waals surface area contributed by atoms with E-state index in [1.807, 2.05) is 0 Å². The van der Waals surface area contributed by atoms with Gasteiger partial charge >= 0.3 is 0 Å². The molecule has 0 radical (unpaired) electrons. The van der Waals surface area contributed by atoms with Crippen LogP contribution in [-0.2, 0) is 11.2 Å². The number of hydrogen-bond acceptors (Lipinski definition) is 6. The Morgan fingerprint density at radius 2 is 2.53 bits per heavy atom. The zero-order valence-corrected chi connectivity index (χ0v) is 8.71. The average molecular weight is 229 g/mol. The molecule has 8 heteroatoms. The molecule has 1 aromatic heterocycles. The fourth-order valence-electron chi connectivity index (χ4n) is 0.777. The van der Waals surface area contributed by atoms with Gasteiger partial charge in [0.15, 0.2) is 12.3 Å². The summed E-state index contributed by atoms with van der Waals surface area (Å²) in [4.78, 5) is 15.0. The summed E-state index contributed by atoms with van der Waals surface area (Å²) in [5, 5.41) is 12.6. The Morgan fingerprint density at radius 1 is 1.73 bits per heavy atom. The van der Waals surface area contributed by atoms with Crippen molar-refractivity contribution in [1.29, 1.82) is 5.41 Å². The van der Waals surface area contributed by atoms with Crippen molar-refractivity contribution < 1.29 is 9.32 Å². The van der Waals surface area contributed by atoms with Crippen molar-refractivity contribution in [3.8, 4) is 0 Å². The summed E-state index contributed by atoms with van der Waals surface area (Å²) in [5.74, 6) is 0.872. The van der Waals surface area contributed by atoms with Crippen molar-refractivity contribution in [1.82, 2.24) is 15.5 Å². The molecule has 0 aromatic carbocycles. The number of aromatic nitrogens is 2. The number of carbonyl (C=O) groups excluding carboxylic acids is 1. The van der Waals surface area contributed by atoms with Crippen LogP contribution in [0.25, 0.3) is 0 Å². The average Bonchev–Trinajstić information content (AvgIpc) is 2.67. The minimum absolute atomic E-state index is 0.0594. The quantitative estimate of drug-likeness (QED) is 0.453. The van der Waals surface area contributed by atoms with Gasteiger partial charge in [-0.3, -0.25) is 10.2 Å². The third kappa shape index (κ3) is 5.01. The molecule has 0 aliphatic carbocycles. The molecule has 0 spiro atoms. The lowest BCUT2D eigenvalue weighted by Crippen LogP contribution is -2.33. The van der Waals surface area contributed by atoms with Crippen LogP contribution in [0.5, 0.6) is 0 Å². The fraction of sp³-hybridized carbons (Fsp3) is 0.429. The summed E-state index contributed by atoms with van der Waals surface area (Å²) in [5.41, 5.74) is 5.02. The van der Waals surface area contributed by atoms with E-state index in [0.29, 0.717) is 18.1 Å². The topological polar surface area (TPSA) is 118 Å². The predicted octanol–water partition coefficient (Wildman–Crippen LogP) is -0.645. The van der Waals surface area contributed by atoms with E-state index in [9.17, 15) is 4.79 Å². The maximum absolute atomic E-state index is 11.2. The highest BCUT2D eigenvalue weighted by molar-refractivity contribution is 8.13. The molecule has 0 unspecified atom stereocenters. The van der Waals surface area contributed by atoms with Crippen molar-refractivity contribution in [3.63, 3.8) is 0 Å². The number of nitrogens with zero attached hydrogens (tertiary/aromatic N) is 2. The molecule has 0 aliphatic rings. The molecule has 15 heavy (non-hydrogen) atoms. The SMILES string of the molecule is N=C(N)NCC(=O)SCCc1ncno1. The normalized spacial score (nSPS) is 9.87. The summed E-state index contributed by atoms with van der Waals surface area (Å²) < 4.78 is 4.76. The van der Waals surface area contributed by atoms with Gasteiger partial charge in [0.2, 0.25) is 11.0 Å². The van der Waals surface area contributed by atoms with E-state index < -0.39 is 0 Å².